The second-order valence-corrected chi connectivity index (χ2v) is 5.19. The summed E-state index contributed by atoms with van der Waals surface area (Å²) in [4.78, 5) is 2.43. The molecule has 3 N–H and O–H groups in total. The maximum Gasteiger partial charge on any atom is 0.0924 e. The minimum atomic E-state index is 0.530. The summed E-state index contributed by atoms with van der Waals surface area (Å²) < 4.78 is 1.84. The number of allylic oxidation sites excluding steroid dienone is 2. The Balaban J connectivity index is 1.68. The summed E-state index contributed by atoms with van der Waals surface area (Å²) >= 11 is 0. The predicted molar refractivity (Wildman–Crippen MR) is 75.2 cm³/mol. The highest BCUT2D eigenvalue weighted by molar-refractivity contribution is 5.32. The second-order valence-electron chi connectivity index (χ2n) is 5.19. The smallest absolute Gasteiger partial charge is 0.0924 e. The normalized spacial score (nSPS) is 22.8. The molecule has 1 unspecified atom stereocenters. The van der Waals surface area contributed by atoms with Crippen LogP contribution in [0.5, 0.6) is 0 Å². The van der Waals surface area contributed by atoms with Gasteiger partial charge in [0.1, 0.15) is 0 Å². The van der Waals surface area contributed by atoms with Gasteiger partial charge in [0, 0.05) is 38.6 Å². The Kier molecular flexibility index (Phi) is 3.40. The molecule has 0 amide bonds. The number of nitrogens with one attached hydrogen (secondary N) is 1. The second kappa shape index (κ2) is 5.19. The SMILES string of the molecule is Cn1cc(C/C=C\C2=C(CN)CCN2C2CN2)cn1. The number of hydrogen-bond donors (Lipinski definition) is 2. The van der Waals surface area contributed by atoms with Crippen LogP contribution in [0.4, 0.5) is 0 Å². The van der Waals surface area contributed by atoms with Crippen LogP contribution in [-0.4, -0.2) is 40.5 Å². The van der Waals surface area contributed by atoms with Crippen molar-refractivity contribution in [1.29, 1.82) is 0 Å². The highest BCUT2D eigenvalue weighted by Gasteiger charge is 2.32. The zero-order chi connectivity index (χ0) is 13.2. The molecule has 0 aromatic carbocycles. The van der Waals surface area contributed by atoms with E-state index in [1.165, 1.54) is 16.8 Å². The summed E-state index contributed by atoms with van der Waals surface area (Å²) in [5.41, 5.74) is 9.77. The van der Waals surface area contributed by atoms with E-state index in [0.717, 1.165) is 25.9 Å². The van der Waals surface area contributed by atoms with Gasteiger partial charge in [-0.3, -0.25) is 10.00 Å². The van der Waals surface area contributed by atoms with Crippen LogP contribution in [0.15, 0.2) is 35.8 Å². The Labute approximate surface area is 113 Å². The molecule has 1 saturated heterocycles. The summed E-state index contributed by atoms with van der Waals surface area (Å²) in [5.74, 6) is 0. The molecule has 0 bridgehead atoms. The van der Waals surface area contributed by atoms with Gasteiger partial charge >= 0.3 is 0 Å². The molecule has 3 heterocycles. The number of nitrogens with zero attached hydrogens (tertiary/aromatic N) is 3. The molecule has 2 aliphatic rings. The molecule has 0 aliphatic carbocycles. The molecule has 3 rings (SSSR count). The van der Waals surface area contributed by atoms with Crippen molar-refractivity contribution in [3.63, 3.8) is 0 Å². The van der Waals surface area contributed by atoms with E-state index in [-0.39, 0.29) is 0 Å². The van der Waals surface area contributed by atoms with E-state index in [1.807, 2.05) is 17.9 Å². The number of hydrogen-bond acceptors (Lipinski definition) is 4. The average Bonchev–Trinajstić information content (AvgIpc) is 3.04. The third-order valence-corrected chi connectivity index (χ3v) is 3.72. The standard InChI is InChI=1S/C14H21N5/c1-18-10-11(8-17-18)3-2-4-13-12(7-15)5-6-19(13)14-9-16-14/h2,4,8,10,14,16H,3,5-7,9,15H2,1H3/b4-2-. The molecule has 1 atom stereocenters. The van der Waals surface area contributed by atoms with Gasteiger partial charge in [-0.2, -0.15) is 5.10 Å². The highest BCUT2D eigenvalue weighted by atomic mass is 15.4. The molecule has 1 aromatic heterocycles. The molecule has 0 spiro atoms. The summed E-state index contributed by atoms with van der Waals surface area (Å²) in [6.45, 7) is 2.85. The first-order valence-electron chi connectivity index (χ1n) is 6.84. The van der Waals surface area contributed by atoms with Crippen molar-refractivity contribution in [3.05, 3.63) is 41.4 Å². The van der Waals surface area contributed by atoms with Crippen molar-refractivity contribution in [2.75, 3.05) is 19.6 Å². The third kappa shape index (κ3) is 2.72. The average molecular weight is 259 g/mol. The van der Waals surface area contributed by atoms with Gasteiger partial charge in [0.2, 0.25) is 0 Å². The van der Waals surface area contributed by atoms with Crippen molar-refractivity contribution in [2.24, 2.45) is 12.8 Å². The minimum absolute atomic E-state index is 0.530. The lowest BCUT2D eigenvalue weighted by Crippen LogP contribution is -2.24. The Hall–Kier alpha value is -1.59. The fourth-order valence-corrected chi connectivity index (χ4v) is 2.61. The number of aryl methyl sites for hydroxylation is 1. The van der Waals surface area contributed by atoms with Crippen molar-refractivity contribution < 1.29 is 0 Å². The fraction of sp³-hybridized carbons (Fsp3) is 0.500. The van der Waals surface area contributed by atoms with E-state index in [0.29, 0.717) is 12.7 Å². The zero-order valence-corrected chi connectivity index (χ0v) is 11.3. The molecule has 0 radical (unpaired) electrons. The van der Waals surface area contributed by atoms with Gasteiger partial charge < -0.3 is 10.6 Å². The molecule has 102 valence electrons. The van der Waals surface area contributed by atoms with Gasteiger partial charge in [-0.05, 0) is 30.1 Å². The molecule has 0 saturated carbocycles. The molecule has 19 heavy (non-hydrogen) atoms. The van der Waals surface area contributed by atoms with Gasteiger partial charge in [-0.25, -0.2) is 0 Å². The van der Waals surface area contributed by atoms with E-state index in [9.17, 15) is 0 Å². The third-order valence-electron chi connectivity index (χ3n) is 3.72. The van der Waals surface area contributed by atoms with Crippen molar-refractivity contribution in [1.82, 2.24) is 20.0 Å². The maximum absolute atomic E-state index is 5.84. The summed E-state index contributed by atoms with van der Waals surface area (Å²) in [7, 11) is 1.94. The van der Waals surface area contributed by atoms with Crippen LogP contribution in [0.3, 0.4) is 0 Å². The predicted octanol–water partition coefficient (Wildman–Crippen LogP) is 0.367. The van der Waals surface area contributed by atoms with Gasteiger partial charge in [0.15, 0.2) is 0 Å². The van der Waals surface area contributed by atoms with Crippen molar-refractivity contribution in [2.45, 2.75) is 19.0 Å². The Morgan fingerprint density at radius 1 is 1.58 bits per heavy atom. The summed E-state index contributed by atoms with van der Waals surface area (Å²) in [6.07, 6.45) is 10.9. The largest absolute Gasteiger partial charge is 0.354 e. The number of aromatic nitrogens is 2. The number of rotatable bonds is 5. The quantitative estimate of drug-likeness (QED) is 0.750. The van der Waals surface area contributed by atoms with Crippen LogP contribution in [-0.2, 0) is 13.5 Å². The first-order chi connectivity index (χ1) is 9.28. The van der Waals surface area contributed by atoms with Gasteiger partial charge in [-0.1, -0.05) is 6.08 Å². The maximum atomic E-state index is 5.84. The Bertz CT molecular complexity index is 510. The van der Waals surface area contributed by atoms with Crippen LogP contribution >= 0.6 is 0 Å². The van der Waals surface area contributed by atoms with Crippen LogP contribution in [0.25, 0.3) is 0 Å². The summed E-state index contributed by atoms with van der Waals surface area (Å²) in [5, 5.41) is 7.55. The first kappa shape index (κ1) is 12.4. The Morgan fingerprint density at radius 2 is 2.42 bits per heavy atom. The lowest BCUT2D eigenvalue weighted by molar-refractivity contribution is 0.371. The fourth-order valence-electron chi connectivity index (χ4n) is 2.61. The topological polar surface area (TPSA) is 69.0 Å². The van der Waals surface area contributed by atoms with Gasteiger partial charge in [-0.15, -0.1) is 0 Å². The molecular formula is C14H21N5. The van der Waals surface area contributed by atoms with Crippen LogP contribution in [0, 0.1) is 0 Å². The van der Waals surface area contributed by atoms with Crippen LogP contribution < -0.4 is 11.1 Å². The zero-order valence-electron chi connectivity index (χ0n) is 11.3. The van der Waals surface area contributed by atoms with Crippen LogP contribution in [0.2, 0.25) is 0 Å². The molecule has 5 nitrogen and oxygen atoms in total. The molecule has 5 heteroatoms. The van der Waals surface area contributed by atoms with E-state index in [4.69, 9.17) is 5.73 Å². The van der Waals surface area contributed by atoms with Crippen molar-refractivity contribution in [3.8, 4) is 0 Å². The molecule has 1 aromatic rings. The highest BCUT2D eigenvalue weighted by Crippen LogP contribution is 2.27. The molecule has 1 fully saturated rings. The van der Waals surface area contributed by atoms with Gasteiger partial charge in [0.05, 0.1) is 12.4 Å². The van der Waals surface area contributed by atoms with Crippen LogP contribution in [0.1, 0.15) is 12.0 Å². The van der Waals surface area contributed by atoms with E-state index >= 15 is 0 Å². The molecule has 2 aliphatic heterocycles. The lowest BCUT2D eigenvalue weighted by atomic mass is 10.1. The minimum Gasteiger partial charge on any atom is -0.354 e. The van der Waals surface area contributed by atoms with E-state index in [1.54, 1.807) is 0 Å². The van der Waals surface area contributed by atoms with Gasteiger partial charge in [0.25, 0.3) is 0 Å². The van der Waals surface area contributed by atoms with Crippen molar-refractivity contribution >= 4 is 0 Å². The molecular weight excluding hydrogens is 238 g/mol. The summed E-state index contributed by atoms with van der Waals surface area (Å²) in [6, 6.07) is 0. The number of nitrogens with two attached hydrogens (primary N) is 1. The Morgan fingerprint density at radius 3 is 3.05 bits per heavy atom. The van der Waals surface area contributed by atoms with E-state index < -0.39 is 0 Å². The monoisotopic (exact) mass is 259 g/mol. The first-order valence-corrected chi connectivity index (χ1v) is 6.84. The lowest BCUT2D eigenvalue weighted by Gasteiger charge is -2.18. The van der Waals surface area contributed by atoms with E-state index in [2.05, 4.69) is 33.7 Å².